The molecule has 1 heterocycles. The third-order valence-corrected chi connectivity index (χ3v) is 4.30. The predicted molar refractivity (Wildman–Crippen MR) is 93.2 cm³/mol. The molecule has 3 amide bonds. The molecule has 25 heavy (non-hydrogen) atoms. The zero-order valence-electron chi connectivity index (χ0n) is 14.8. The van der Waals surface area contributed by atoms with Gasteiger partial charge >= 0.3 is 12.0 Å². The maximum absolute atomic E-state index is 12.2. The number of nitrogens with one attached hydrogen (secondary N) is 3. The van der Waals surface area contributed by atoms with Crippen molar-refractivity contribution in [3.63, 3.8) is 0 Å². The Morgan fingerprint density at radius 3 is 2.44 bits per heavy atom. The Balaban J connectivity index is 1.90. The minimum atomic E-state index is -0.982. The van der Waals surface area contributed by atoms with Gasteiger partial charge in [0.1, 0.15) is 0 Å². The van der Waals surface area contributed by atoms with Gasteiger partial charge in [0, 0.05) is 13.0 Å². The van der Waals surface area contributed by atoms with E-state index in [1.54, 1.807) is 12.1 Å². The lowest BCUT2D eigenvalue weighted by atomic mass is 9.79. The quantitative estimate of drug-likeness (QED) is 0.667. The number of benzene rings is 1. The largest absolute Gasteiger partial charge is 0.478 e. The molecule has 7 nitrogen and oxygen atoms in total. The average molecular weight is 347 g/mol. The van der Waals surface area contributed by atoms with Crippen LogP contribution in [0.25, 0.3) is 0 Å². The summed E-state index contributed by atoms with van der Waals surface area (Å²) in [7, 11) is 0. The van der Waals surface area contributed by atoms with E-state index in [4.69, 9.17) is 5.11 Å². The molecule has 0 aromatic heterocycles. The van der Waals surface area contributed by atoms with E-state index in [9.17, 15) is 14.4 Å². The molecule has 1 aliphatic heterocycles. The molecule has 1 fully saturated rings. The Labute approximate surface area is 147 Å². The van der Waals surface area contributed by atoms with Crippen LogP contribution in [-0.2, 0) is 11.3 Å². The maximum atomic E-state index is 12.2. The molecule has 1 aromatic carbocycles. The third kappa shape index (κ3) is 5.20. The summed E-state index contributed by atoms with van der Waals surface area (Å²) >= 11 is 0. The summed E-state index contributed by atoms with van der Waals surface area (Å²) in [6, 6.07) is 5.78. The maximum Gasteiger partial charge on any atom is 0.335 e. The number of hydrogen-bond acceptors (Lipinski definition) is 3. The normalized spacial score (nSPS) is 20.5. The van der Waals surface area contributed by atoms with Crippen LogP contribution in [0.3, 0.4) is 0 Å². The first-order valence-corrected chi connectivity index (χ1v) is 8.33. The lowest BCUT2D eigenvalue weighted by Gasteiger charge is -2.40. The number of carbonyl (C=O) groups is 3. The standard InChI is InChI=1S/C18H25N3O4/c1-18(2,3)15-13(8-9-14(22)21-15)20-17(25)19-10-11-4-6-12(7-5-11)16(23)24/h4-7,13,15H,8-10H2,1-3H3,(H,21,22)(H,23,24)(H2,19,20,25)/t13-,15-/m1/s1. The molecule has 1 aromatic rings. The second-order valence-corrected chi connectivity index (χ2v) is 7.39. The molecule has 0 saturated carbocycles. The molecule has 7 heteroatoms. The third-order valence-electron chi connectivity index (χ3n) is 4.30. The number of amides is 3. The van der Waals surface area contributed by atoms with Gasteiger partial charge in [0.25, 0.3) is 0 Å². The molecule has 0 radical (unpaired) electrons. The van der Waals surface area contributed by atoms with Crippen molar-refractivity contribution in [1.82, 2.24) is 16.0 Å². The van der Waals surface area contributed by atoms with Crippen LogP contribution in [0.5, 0.6) is 0 Å². The Bertz CT molecular complexity index is 649. The number of carboxylic acid groups (broad SMARTS) is 1. The number of rotatable bonds is 4. The summed E-state index contributed by atoms with van der Waals surface area (Å²) in [5.41, 5.74) is 0.851. The van der Waals surface area contributed by atoms with Gasteiger partial charge in [-0.2, -0.15) is 0 Å². The minimum Gasteiger partial charge on any atom is -0.478 e. The van der Waals surface area contributed by atoms with Crippen molar-refractivity contribution in [3.05, 3.63) is 35.4 Å². The summed E-state index contributed by atoms with van der Waals surface area (Å²) in [6.45, 7) is 6.38. The summed E-state index contributed by atoms with van der Waals surface area (Å²) in [6.07, 6.45) is 1.00. The zero-order valence-corrected chi connectivity index (χ0v) is 14.8. The van der Waals surface area contributed by atoms with Crippen molar-refractivity contribution in [3.8, 4) is 0 Å². The van der Waals surface area contributed by atoms with Crippen LogP contribution < -0.4 is 16.0 Å². The molecule has 4 N–H and O–H groups in total. The van der Waals surface area contributed by atoms with E-state index in [2.05, 4.69) is 16.0 Å². The van der Waals surface area contributed by atoms with Crippen molar-refractivity contribution in [2.45, 2.75) is 52.2 Å². The fraction of sp³-hybridized carbons (Fsp3) is 0.500. The molecule has 2 atom stereocenters. The average Bonchev–Trinajstić information content (AvgIpc) is 2.54. The highest BCUT2D eigenvalue weighted by Gasteiger charge is 2.37. The lowest BCUT2D eigenvalue weighted by molar-refractivity contribution is -0.125. The van der Waals surface area contributed by atoms with E-state index in [-0.39, 0.29) is 35.0 Å². The highest BCUT2D eigenvalue weighted by atomic mass is 16.4. The highest BCUT2D eigenvalue weighted by Crippen LogP contribution is 2.26. The molecule has 0 bridgehead atoms. The molecule has 2 rings (SSSR count). The van der Waals surface area contributed by atoms with Gasteiger partial charge in [-0.3, -0.25) is 4.79 Å². The van der Waals surface area contributed by atoms with Gasteiger partial charge in [0.05, 0.1) is 17.6 Å². The summed E-state index contributed by atoms with van der Waals surface area (Å²) in [5, 5.41) is 17.5. The van der Waals surface area contributed by atoms with Gasteiger partial charge in [0.15, 0.2) is 0 Å². The molecule has 1 aliphatic rings. The van der Waals surface area contributed by atoms with Gasteiger partial charge in [-0.25, -0.2) is 9.59 Å². The van der Waals surface area contributed by atoms with E-state index in [1.165, 1.54) is 12.1 Å². The minimum absolute atomic E-state index is 0.0110. The van der Waals surface area contributed by atoms with Crippen LogP contribution in [0.15, 0.2) is 24.3 Å². The number of carboxylic acids is 1. The smallest absolute Gasteiger partial charge is 0.335 e. The summed E-state index contributed by atoms with van der Waals surface area (Å²) in [4.78, 5) is 34.7. The number of aromatic carboxylic acids is 1. The second-order valence-electron chi connectivity index (χ2n) is 7.39. The summed E-state index contributed by atoms with van der Waals surface area (Å²) < 4.78 is 0. The van der Waals surface area contributed by atoms with Gasteiger partial charge in [0.2, 0.25) is 5.91 Å². The van der Waals surface area contributed by atoms with Crippen LogP contribution in [0.1, 0.15) is 49.5 Å². The lowest BCUT2D eigenvalue weighted by Crippen LogP contribution is -2.61. The van der Waals surface area contributed by atoms with Crippen molar-refractivity contribution >= 4 is 17.9 Å². The van der Waals surface area contributed by atoms with Crippen LogP contribution >= 0.6 is 0 Å². The first kappa shape index (κ1) is 18.8. The van der Waals surface area contributed by atoms with Crippen molar-refractivity contribution in [2.75, 3.05) is 0 Å². The van der Waals surface area contributed by atoms with Gasteiger partial charge in [-0.15, -0.1) is 0 Å². The van der Waals surface area contributed by atoms with E-state index < -0.39 is 5.97 Å². The molecule has 0 aliphatic carbocycles. The Morgan fingerprint density at radius 2 is 1.88 bits per heavy atom. The predicted octanol–water partition coefficient (Wildman–Crippen LogP) is 1.88. The van der Waals surface area contributed by atoms with E-state index in [0.29, 0.717) is 19.4 Å². The molecule has 136 valence electrons. The fourth-order valence-corrected chi connectivity index (χ4v) is 2.94. The van der Waals surface area contributed by atoms with E-state index in [1.807, 2.05) is 20.8 Å². The van der Waals surface area contributed by atoms with Crippen LogP contribution in [-0.4, -0.2) is 35.1 Å². The van der Waals surface area contributed by atoms with Crippen LogP contribution in [0.4, 0.5) is 4.79 Å². The molecular formula is C18H25N3O4. The Morgan fingerprint density at radius 1 is 1.24 bits per heavy atom. The fourth-order valence-electron chi connectivity index (χ4n) is 2.94. The second kappa shape index (κ2) is 7.55. The Hall–Kier alpha value is -2.57. The van der Waals surface area contributed by atoms with E-state index in [0.717, 1.165) is 5.56 Å². The van der Waals surface area contributed by atoms with Crippen molar-refractivity contribution in [2.24, 2.45) is 5.41 Å². The van der Waals surface area contributed by atoms with Gasteiger partial charge in [-0.05, 0) is 29.5 Å². The Kier molecular flexibility index (Phi) is 5.66. The van der Waals surface area contributed by atoms with Crippen LogP contribution in [0, 0.1) is 5.41 Å². The van der Waals surface area contributed by atoms with Crippen LogP contribution in [0.2, 0.25) is 0 Å². The van der Waals surface area contributed by atoms with Gasteiger partial charge < -0.3 is 21.1 Å². The first-order valence-electron chi connectivity index (χ1n) is 8.33. The zero-order chi connectivity index (χ0) is 18.6. The summed E-state index contributed by atoms with van der Waals surface area (Å²) in [5.74, 6) is -0.971. The van der Waals surface area contributed by atoms with Crippen molar-refractivity contribution < 1.29 is 19.5 Å². The topological polar surface area (TPSA) is 108 Å². The molecule has 0 spiro atoms. The highest BCUT2D eigenvalue weighted by molar-refractivity contribution is 5.87. The molecular weight excluding hydrogens is 322 g/mol. The number of urea groups is 1. The number of hydrogen-bond donors (Lipinski definition) is 4. The SMILES string of the molecule is CC(C)(C)[C@@H]1NC(=O)CC[C@H]1NC(=O)NCc1ccc(C(=O)O)cc1. The van der Waals surface area contributed by atoms with Gasteiger partial charge in [-0.1, -0.05) is 32.9 Å². The monoisotopic (exact) mass is 347 g/mol. The van der Waals surface area contributed by atoms with E-state index >= 15 is 0 Å². The first-order chi connectivity index (χ1) is 11.7. The van der Waals surface area contributed by atoms with Crippen molar-refractivity contribution in [1.29, 1.82) is 0 Å². The molecule has 1 saturated heterocycles. The number of carbonyl (C=O) groups excluding carboxylic acids is 2. The molecule has 0 unspecified atom stereocenters. The number of piperidine rings is 1.